The zero-order valence-corrected chi connectivity index (χ0v) is 12.3. The van der Waals surface area contributed by atoms with Crippen molar-refractivity contribution in [2.45, 2.75) is 65.5 Å². The number of hydrogen-bond acceptors (Lipinski definition) is 3. The Morgan fingerprint density at radius 1 is 1.11 bits per heavy atom. The summed E-state index contributed by atoms with van der Waals surface area (Å²) in [4.78, 5) is 22.8. The fourth-order valence-electron chi connectivity index (χ4n) is 1.65. The molecule has 2 amide bonds. The molecule has 0 rings (SSSR count). The number of carbonyl (C=O) groups is 2. The van der Waals surface area contributed by atoms with Gasteiger partial charge in [-0.2, -0.15) is 0 Å². The molecule has 0 saturated carbocycles. The van der Waals surface area contributed by atoms with Crippen LogP contribution in [0.3, 0.4) is 0 Å². The summed E-state index contributed by atoms with van der Waals surface area (Å²) in [5.41, 5.74) is -0.915. The lowest BCUT2D eigenvalue weighted by Crippen LogP contribution is -2.54. The Balaban J connectivity index is 4.44. The summed E-state index contributed by atoms with van der Waals surface area (Å²) in [6.07, 6.45) is 1.04. The van der Waals surface area contributed by atoms with Crippen molar-refractivity contribution < 1.29 is 14.3 Å². The van der Waals surface area contributed by atoms with Crippen molar-refractivity contribution in [3.8, 4) is 0 Å². The Labute approximate surface area is 110 Å². The van der Waals surface area contributed by atoms with Gasteiger partial charge in [-0.25, -0.2) is 4.79 Å². The molecule has 0 aliphatic heterocycles. The molecule has 0 atom stereocenters. The van der Waals surface area contributed by atoms with E-state index in [9.17, 15) is 9.59 Å². The molecular formula is C13H26N2O3. The van der Waals surface area contributed by atoms with Crippen LogP contribution in [0, 0.1) is 0 Å². The molecule has 2 N–H and O–H groups in total. The van der Waals surface area contributed by atoms with E-state index in [0.29, 0.717) is 6.54 Å². The average Bonchev–Trinajstić information content (AvgIpc) is 2.21. The van der Waals surface area contributed by atoms with Crippen molar-refractivity contribution in [2.24, 2.45) is 0 Å². The zero-order chi connectivity index (χ0) is 14.4. The minimum atomic E-state index is -0.515. The number of hydrogen-bond donors (Lipinski definition) is 2. The van der Waals surface area contributed by atoms with Crippen molar-refractivity contribution in [1.82, 2.24) is 10.6 Å². The summed E-state index contributed by atoms with van der Waals surface area (Å²) in [6, 6.07) is 0. The van der Waals surface area contributed by atoms with Gasteiger partial charge in [-0.15, -0.1) is 0 Å². The lowest BCUT2D eigenvalue weighted by molar-refractivity contribution is -0.121. The Morgan fingerprint density at radius 3 is 1.94 bits per heavy atom. The molecule has 18 heavy (non-hydrogen) atoms. The second-order valence-corrected chi connectivity index (χ2v) is 5.52. The lowest BCUT2D eigenvalue weighted by atomic mass is 9.92. The number of amides is 2. The molecule has 0 spiro atoms. The molecule has 0 saturated heterocycles. The Morgan fingerprint density at radius 2 is 1.61 bits per heavy atom. The van der Waals surface area contributed by atoms with Gasteiger partial charge >= 0.3 is 6.09 Å². The normalized spacial score (nSPS) is 11.9. The van der Waals surface area contributed by atoms with Gasteiger partial charge in [0.15, 0.2) is 0 Å². The second kappa shape index (κ2) is 6.61. The number of carbonyl (C=O) groups excluding carboxylic acids is 2. The highest BCUT2D eigenvalue weighted by Crippen LogP contribution is 2.14. The first-order chi connectivity index (χ1) is 8.14. The molecule has 5 heteroatoms. The van der Waals surface area contributed by atoms with Crippen LogP contribution in [-0.4, -0.2) is 29.7 Å². The van der Waals surface area contributed by atoms with Crippen molar-refractivity contribution in [3.63, 3.8) is 0 Å². The maximum atomic E-state index is 11.6. The molecule has 0 aromatic carbocycles. The van der Waals surface area contributed by atoms with Gasteiger partial charge in [-0.3, -0.25) is 4.79 Å². The number of ether oxygens (including phenoxy) is 1. The zero-order valence-electron chi connectivity index (χ0n) is 12.3. The summed E-state index contributed by atoms with van der Waals surface area (Å²) < 4.78 is 5.16. The standard InChI is InChI=1S/C13H26N2O3/c1-7-13(8-2,15-10(3)16)9-14-11(17)18-12(4,5)6/h7-9H2,1-6H3,(H,14,17)(H,15,16). The van der Waals surface area contributed by atoms with Gasteiger partial charge in [0.2, 0.25) is 5.91 Å². The van der Waals surface area contributed by atoms with Crippen LogP contribution in [0.15, 0.2) is 0 Å². The van der Waals surface area contributed by atoms with Gasteiger partial charge in [0.1, 0.15) is 5.60 Å². The fraction of sp³-hybridized carbons (Fsp3) is 0.846. The maximum Gasteiger partial charge on any atom is 0.407 e. The molecule has 106 valence electrons. The van der Waals surface area contributed by atoms with Crippen LogP contribution in [-0.2, 0) is 9.53 Å². The molecule has 0 heterocycles. The van der Waals surface area contributed by atoms with Crippen molar-refractivity contribution in [2.75, 3.05) is 6.54 Å². The molecule has 0 fully saturated rings. The Hall–Kier alpha value is -1.26. The minimum Gasteiger partial charge on any atom is -0.444 e. The molecule has 0 radical (unpaired) electrons. The molecule has 5 nitrogen and oxygen atoms in total. The van der Waals surface area contributed by atoms with Crippen molar-refractivity contribution in [1.29, 1.82) is 0 Å². The van der Waals surface area contributed by atoms with E-state index < -0.39 is 17.2 Å². The highest BCUT2D eigenvalue weighted by molar-refractivity contribution is 5.74. The Kier molecular flexibility index (Phi) is 6.15. The Bertz CT molecular complexity index is 291. The molecule has 0 aliphatic carbocycles. The first-order valence-corrected chi connectivity index (χ1v) is 6.39. The van der Waals surface area contributed by atoms with Gasteiger partial charge in [0.05, 0.1) is 5.54 Å². The first-order valence-electron chi connectivity index (χ1n) is 6.39. The predicted octanol–water partition coefficient (Wildman–Crippen LogP) is 2.21. The minimum absolute atomic E-state index is 0.0929. The lowest BCUT2D eigenvalue weighted by Gasteiger charge is -2.33. The molecule has 0 unspecified atom stereocenters. The second-order valence-electron chi connectivity index (χ2n) is 5.52. The quantitative estimate of drug-likeness (QED) is 0.794. The summed E-state index contributed by atoms with van der Waals surface area (Å²) >= 11 is 0. The summed E-state index contributed by atoms with van der Waals surface area (Å²) in [6.45, 7) is 11.3. The van der Waals surface area contributed by atoms with Crippen LogP contribution in [0.4, 0.5) is 4.79 Å². The van der Waals surface area contributed by atoms with Crippen molar-refractivity contribution >= 4 is 12.0 Å². The molecule has 0 aliphatic rings. The van der Waals surface area contributed by atoms with Gasteiger partial charge < -0.3 is 15.4 Å². The van der Waals surface area contributed by atoms with E-state index in [4.69, 9.17) is 4.74 Å². The van der Waals surface area contributed by atoms with Crippen LogP contribution >= 0.6 is 0 Å². The number of rotatable bonds is 5. The molecular weight excluding hydrogens is 232 g/mol. The van der Waals surface area contributed by atoms with E-state index in [1.54, 1.807) is 0 Å². The van der Waals surface area contributed by atoms with E-state index in [1.807, 2.05) is 34.6 Å². The summed E-state index contributed by atoms with van der Waals surface area (Å²) in [5.74, 6) is -0.0929. The third-order valence-electron chi connectivity index (χ3n) is 2.76. The average molecular weight is 258 g/mol. The highest BCUT2D eigenvalue weighted by atomic mass is 16.6. The number of nitrogens with one attached hydrogen (secondary N) is 2. The van der Waals surface area contributed by atoms with Gasteiger partial charge in [-0.05, 0) is 33.6 Å². The van der Waals surface area contributed by atoms with E-state index in [2.05, 4.69) is 10.6 Å². The number of alkyl carbamates (subject to hydrolysis) is 1. The molecule has 0 bridgehead atoms. The van der Waals surface area contributed by atoms with Gasteiger partial charge in [0, 0.05) is 13.5 Å². The fourth-order valence-corrected chi connectivity index (χ4v) is 1.65. The predicted molar refractivity (Wildman–Crippen MR) is 71.4 cm³/mol. The smallest absolute Gasteiger partial charge is 0.407 e. The van der Waals surface area contributed by atoms with E-state index in [1.165, 1.54) is 6.92 Å². The van der Waals surface area contributed by atoms with Crippen LogP contribution in [0.5, 0.6) is 0 Å². The SMILES string of the molecule is CCC(CC)(CNC(=O)OC(C)(C)C)NC(C)=O. The topological polar surface area (TPSA) is 67.4 Å². The van der Waals surface area contributed by atoms with Crippen LogP contribution in [0.1, 0.15) is 54.4 Å². The summed E-state index contributed by atoms with van der Waals surface area (Å²) in [7, 11) is 0. The van der Waals surface area contributed by atoms with E-state index in [0.717, 1.165) is 12.8 Å². The third-order valence-corrected chi connectivity index (χ3v) is 2.76. The monoisotopic (exact) mass is 258 g/mol. The van der Waals surface area contributed by atoms with Crippen LogP contribution < -0.4 is 10.6 Å². The largest absolute Gasteiger partial charge is 0.444 e. The molecule has 0 aromatic rings. The third kappa shape index (κ3) is 6.47. The van der Waals surface area contributed by atoms with Crippen LogP contribution in [0.2, 0.25) is 0 Å². The first kappa shape index (κ1) is 16.7. The molecule has 0 aromatic heterocycles. The van der Waals surface area contributed by atoms with E-state index >= 15 is 0 Å². The van der Waals surface area contributed by atoms with Crippen molar-refractivity contribution in [3.05, 3.63) is 0 Å². The highest BCUT2D eigenvalue weighted by Gasteiger charge is 2.28. The van der Waals surface area contributed by atoms with Gasteiger partial charge in [-0.1, -0.05) is 13.8 Å². The summed E-state index contributed by atoms with van der Waals surface area (Å²) in [5, 5.41) is 5.61. The van der Waals surface area contributed by atoms with Crippen LogP contribution in [0.25, 0.3) is 0 Å². The van der Waals surface area contributed by atoms with E-state index in [-0.39, 0.29) is 5.91 Å². The van der Waals surface area contributed by atoms with Gasteiger partial charge in [0.25, 0.3) is 0 Å². The maximum absolute atomic E-state index is 11.6.